The predicted molar refractivity (Wildman–Crippen MR) is 47.2 cm³/mol. The van der Waals surface area contributed by atoms with Crippen LogP contribution in [0.5, 0.6) is 0 Å². The van der Waals surface area contributed by atoms with E-state index in [1.807, 2.05) is 0 Å². The van der Waals surface area contributed by atoms with Gasteiger partial charge in [0.2, 0.25) is 0 Å². The molecule has 0 saturated heterocycles. The molecule has 0 unspecified atom stereocenters. The van der Waals surface area contributed by atoms with Crippen LogP contribution in [0.1, 0.15) is 13.8 Å². The molecule has 0 atom stereocenters. The summed E-state index contributed by atoms with van der Waals surface area (Å²) in [6, 6.07) is 0. The van der Waals surface area contributed by atoms with Gasteiger partial charge in [0.15, 0.2) is 0 Å². The molecule has 0 fully saturated rings. The van der Waals surface area contributed by atoms with Crippen molar-refractivity contribution in [1.29, 1.82) is 0 Å². The van der Waals surface area contributed by atoms with Crippen LogP contribution in [0.15, 0.2) is 23.8 Å². The first kappa shape index (κ1) is 11.4. The van der Waals surface area contributed by atoms with E-state index in [-0.39, 0.29) is 0 Å². The largest absolute Gasteiger partial charge is 0.416 e. The number of halogens is 3. The van der Waals surface area contributed by atoms with Crippen LogP contribution < -0.4 is 0 Å². The minimum atomic E-state index is -4.28. The highest BCUT2D eigenvalue weighted by atomic mass is 32.1. The zero-order valence-electron chi connectivity index (χ0n) is 6.77. The van der Waals surface area contributed by atoms with Gasteiger partial charge in [0, 0.05) is 4.86 Å². The molecule has 0 aromatic heterocycles. The Kier molecular flexibility index (Phi) is 4.17. The highest BCUT2D eigenvalue weighted by molar-refractivity contribution is 7.80. The number of hydrogen-bond acceptors (Lipinski definition) is 1. The fraction of sp³-hybridized carbons (Fsp3) is 0.375. The molecule has 0 nitrogen and oxygen atoms in total. The third-order valence-electron chi connectivity index (χ3n) is 1.14. The SMILES string of the molecule is C/C=C(\C=C/C(C)=S)C(F)(F)F. The van der Waals surface area contributed by atoms with Crippen molar-refractivity contribution >= 4 is 17.1 Å². The van der Waals surface area contributed by atoms with Gasteiger partial charge >= 0.3 is 6.18 Å². The molecule has 68 valence electrons. The van der Waals surface area contributed by atoms with E-state index in [2.05, 4.69) is 12.2 Å². The number of alkyl halides is 3. The fourth-order valence-electron chi connectivity index (χ4n) is 0.562. The predicted octanol–water partition coefficient (Wildman–Crippen LogP) is 3.44. The van der Waals surface area contributed by atoms with Crippen molar-refractivity contribution in [3.8, 4) is 0 Å². The van der Waals surface area contributed by atoms with Crippen LogP contribution in [0.4, 0.5) is 13.2 Å². The van der Waals surface area contributed by atoms with E-state index in [9.17, 15) is 13.2 Å². The molecule has 0 aliphatic heterocycles. The van der Waals surface area contributed by atoms with Crippen LogP contribution in [0.3, 0.4) is 0 Å². The van der Waals surface area contributed by atoms with E-state index in [0.717, 1.165) is 12.2 Å². The normalized spacial score (nSPS) is 13.9. The Morgan fingerprint density at radius 1 is 1.25 bits per heavy atom. The number of allylic oxidation sites excluding steroid dienone is 4. The van der Waals surface area contributed by atoms with Gasteiger partial charge < -0.3 is 0 Å². The monoisotopic (exact) mass is 194 g/mol. The van der Waals surface area contributed by atoms with Crippen molar-refractivity contribution in [1.82, 2.24) is 0 Å². The lowest BCUT2D eigenvalue weighted by Crippen LogP contribution is -2.09. The summed E-state index contributed by atoms with van der Waals surface area (Å²) in [6.07, 6.45) is -1.04. The minimum Gasteiger partial charge on any atom is -0.166 e. The molecule has 0 aliphatic carbocycles. The smallest absolute Gasteiger partial charge is 0.166 e. The van der Waals surface area contributed by atoms with Crippen LogP contribution in [0, 0.1) is 0 Å². The topological polar surface area (TPSA) is 0 Å². The second-order valence-corrected chi connectivity index (χ2v) is 2.83. The maximum Gasteiger partial charge on any atom is 0.416 e. The molecule has 0 aliphatic rings. The minimum absolute atomic E-state index is 0.429. The molecule has 12 heavy (non-hydrogen) atoms. The third-order valence-corrected chi connectivity index (χ3v) is 1.27. The summed E-state index contributed by atoms with van der Waals surface area (Å²) in [5.41, 5.74) is -0.674. The van der Waals surface area contributed by atoms with Gasteiger partial charge in [-0.3, -0.25) is 0 Å². The molecule has 4 heteroatoms. The van der Waals surface area contributed by atoms with Crippen LogP contribution >= 0.6 is 12.2 Å². The Morgan fingerprint density at radius 2 is 1.75 bits per heavy atom. The Balaban J connectivity index is 4.53. The van der Waals surface area contributed by atoms with E-state index in [4.69, 9.17) is 0 Å². The first-order valence-corrected chi connectivity index (χ1v) is 3.71. The van der Waals surface area contributed by atoms with Crippen LogP contribution in [0.2, 0.25) is 0 Å². The van der Waals surface area contributed by atoms with E-state index in [1.165, 1.54) is 13.0 Å². The standard InChI is InChI=1S/C8H9F3S/c1-3-7(8(9,10)11)5-4-6(2)12/h3-5H,1-2H3/b5-4-,7-3+. The molecule has 0 N–H and O–H groups in total. The summed E-state index contributed by atoms with van der Waals surface area (Å²) in [4.78, 5) is 0.429. The van der Waals surface area contributed by atoms with Gasteiger partial charge in [-0.05, 0) is 26.0 Å². The number of thiocarbonyl (C=S) groups is 1. The van der Waals surface area contributed by atoms with Crippen LogP contribution in [-0.2, 0) is 0 Å². The van der Waals surface area contributed by atoms with Crippen molar-refractivity contribution in [3.05, 3.63) is 23.8 Å². The number of rotatable bonds is 2. The lowest BCUT2D eigenvalue weighted by Gasteiger charge is -2.05. The Hall–Kier alpha value is -0.640. The summed E-state index contributed by atoms with van der Waals surface area (Å²) in [5.74, 6) is 0. The number of hydrogen-bond donors (Lipinski definition) is 0. The second kappa shape index (κ2) is 4.40. The average Bonchev–Trinajstić information content (AvgIpc) is 1.85. The second-order valence-electron chi connectivity index (χ2n) is 2.19. The van der Waals surface area contributed by atoms with Crippen molar-refractivity contribution in [2.24, 2.45) is 0 Å². The zero-order chi connectivity index (χ0) is 9.78. The zero-order valence-corrected chi connectivity index (χ0v) is 7.59. The van der Waals surface area contributed by atoms with Gasteiger partial charge in [-0.15, -0.1) is 0 Å². The van der Waals surface area contributed by atoms with E-state index in [0.29, 0.717) is 4.86 Å². The lowest BCUT2D eigenvalue weighted by molar-refractivity contribution is -0.0882. The van der Waals surface area contributed by atoms with Gasteiger partial charge in [0.1, 0.15) is 0 Å². The molecule has 0 aromatic carbocycles. The summed E-state index contributed by atoms with van der Waals surface area (Å²) >= 11 is 4.60. The lowest BCUT2D eigenvalue weighted by atomic mass is 10.2. The highest BCUT2D eigenvalue weighted by Crippen LogP contribution is 2.26. The summed E-state index contributed by atoms with van der Waals surface area (Å²) < 4.78 is 36.0. The molecular weight excluding hydrogens is 185 g/mol. The Morgan fingerprint density at radius 3 is 2.00 bits per heavy atom. The molecule has 0 rings (SSSR count). The van der Waals surface area contributed by atoms with Gasteiger partial charge in [0.05, 0.1) is 5.57 Å². The molecule has 0 saturated carbocycles. The molecule has 0 spiro atoms. The molecule has 0 bridgehead atoms. The molecular formula is C8H9F3S. The maximum atomic E-state index is 12.0. The van der Waals surface area contributed by atoms with Gasteiger partial charge in [-0.25, -0.2) is 0 Å². The fourth-order valence-corrected chi connectivity index (χ4v) is 0.630. The van der Waals surface area contributed by atoms with E-state index in [1.54, 1.807) is 6.92 Å². The third kappa shape index (κ3) is 4.28. The molecule has 0 aromatic rings. The van der Waals surface area contributed by atoms with Crippen molar-refractivity contribution in [3.63, 3.8) is 0 Å². The summed E-state index contributed by atoms with van der Waals surface area (Å²) in [5, 5.41) is 0. The summed E-state index contributed by atoms with van der Waals surface area (Å²) in [6.45, 7) is 2.90. The Bertz CT molecular complexity index is 223. The quantitative estimate of drug-likeness (QED) is 0.368. The average molecular weight is 194 g/mol. The first-order valence-electron chi connectivity index (χ1n) is 3.30. The summed E-state index contributed by atoms with van der Waals surface area (Å²) in [7, 11) is 0. The van der Waals surface area contributed by atoms with Gasteiger partial charge in [-0.1, -0.05) is 18.3 Å². The van der Waals surface area contributed by atoms with Gasteiger partial charge in [0.25, 0.3) is 0 Å². The van der Waals surface area contributed by atoms with E-state index >= 15 is 0 Å². The maximum absolute atomic E-state index is 12.0. The molecule has 0 amide bonds. The van der Waals surface area contributed by atoms with Crippen LogP contribution in [-0.4, -0.2) is 11.0 Å². The van der Waals surface area contributed by atoms with Crippen molar-refractivity contribution in [2.45, 2.75) is 20.0 Å². The molecule has 0 heterocycles. The van der Waals surface area contributed by atoms with Crippen molar-refractivity contribution in [2.75, 3.05) is 0 Å². The molecule has 0 radical (unpaired) electrons. The van der Waals surface area contributed by atoms with Crippen molar-refractivity contribution < 1.29 is 13.2 Å². The van der Waals surface area contributed by atoms with Crippen LogP contribution in [0.25, 0.3) is 0 Å². The van der Waals surface area contributed by atoms with E-state index < -0.39 is 11.7 Å². The Labute approximate surface area is 74.8 Å². The highest BCUT2D eigenvalue weighted by Gasteiger charge is 2.30. The first-order chi connectivity index (χ1) is 5.38. The van der Waals surface area contributed by atoms with Gasteiger partial charge in [-0.2, -0.15) is 13.2 Å².